The molecule has 0 saturated carbocycles. The molecule has 4 heteroatoms. The highest BCUT2D eigenvalue weighted by Gasteiger charge is 2.03. The highest BCUT2D eigenvalue weighted by atomic mass is 16.5. The number of benzene rings is 1. The third-order valence-electron chi connectivity index (χ3n) is 3.47. The van der Waals surface area contributed by atoms with E-state index in [0.717, 1.165) is 25.0 Å². The van der Waals surface area contributed by atoms with Gasteiger partial charge in [-0.15, -0.1) is 0 Å². The number of ether oxygens (including phenoxy) is 1. The fourth-order valence-electron chi connectivity index (χ4n) is 2.13. The van der Waals surface area contributed by atoms with Crippen LogP contribution in [0.5, 0.6) is 5.75 Å². The minimum absolute atomic E-state index is 0.222. The summed E-state index contributed by atoms with van der Waals surface area (Å²) in [7, 11) is 1.95. The molecule has 0 fully saturated rings. The Morgan fingerprint density at radius 3 is 2.90 bits per heavy atom. The van der Waals surface area contributed by atoms with Crippen LogP contribution in [0.1, 0.15) is 24.6 Å². The number of aryl methyl sites for hydroxylation is 1. The normalized spacial score (nSPS) is 12.3. The molecule has 0 radical (unpaired) electrons. The van der Waals surface area contributed by atoms with Gasteiger partial charge in [0.15, 0.2) is 0 Å². The second kappa shape index (κ2) is 7.10. The first-order valence-electron chi connectivity index (χ1n) is 7.13. The molecule has 0 saturated heterocycles. The average molecular weight is 273 g/mol. The maximum Gasteiger partial charge on any atom is 0.119 e. The molecule has 0 aliphatic carbocycles. The lowest BCUT2D eigenvalue weighted by atomic mass is 10.0. The zero-order chi connectivity index (χ0) is 14.4. The van der Waals surface area contributed by atoms with Gasteiger partial charge in [-0.05, 0) is 36.6 Å². The SMILES string of the molecule is CCC(N)Cc1cccc(OCCc2ccnn2C)c1. The van der Waals surface area contributed by atoms with Crippen molar-refractivity contribution in [2.45, 2.75) is 32.2 Å². The van der Waals surface area contributed by atoms with Gasteiger partial charge in [0.05, 0.1) is 6.61 Å². The molecular formula is C16H23N3O. The summed E-state index contributed by atoms with van der Waals surface area (Å²) in [5, 5.41) is 4.15. The fraction of sp³-hybridized carbons (Fsp3) is 0.438. The lowest BCUT2D eigenvalue weighted by Crippen LogP contribution is -2.21. The molecule has 4 nitrogen and oxygen atoms in total. The van der Waals surface area contributed by atoms with Crippen molar-refractivity contribution < 1.29 is 4.74 Å². The lowest BCUT2D eigenvalue weighted by molar-refractivity contribution is 0.318. The van der Waals surface area contributed by atoms with E-state index in [0.29, 0.717) is 6.61 Å². The second-order valence-corrected chi connectivity index (χ2v) is 5.06. The topological polar surface area (TPSA) is 53.1 Å². The largest absolute Gasteiger partial charge is 0.493 e. The Morgan fingerprint density at radius 1 is 1.35 bits per heavy atom. The zero-order valence-corrected chi connectivity index (χ0v) is 12.2. The van der Waals surface area contributed by atoms with E-state index >= 15 is 0 Å². The summed E-state index contributed by atoms with van der Waals surface area (Å²) in [5.41, 5.74) is 8.39. The summed E-state index contributed by atoms with van der Waals surface area (Å²) >= 11 is 0. The van der Waals surface area contributed by atoms with Crippen LogP contribution in [0.15, 0.2) is 36.5 Å². The molecule has 2 rings (SSSR count). The standard InChI is InChI=1S/C16H23N3O/c1-3-14(17)11-13-5-4-6-16(12-13)20-10-8-15-7-9-18-19(15)2/h4-7,9,12,14H,3,8,10-11,17H2,1-2H3. The molecule has 0 aliphatic heterocycles. The quantitative estimate of drug-likeness (QED) is 0.842. The van der Waals surface area contributed by atoms with Crippen LogP contribution >= 0.6 is 0 Å². The van der Waals surface area contributed by atoms with Crippen LogP contribution in [0.2, 0.25) is 0 Å². The van der Waals surface area contributed by atoms with Crippen LogP contribution in [0, 0.1) is 0 Å². The first-order valence-corrected chi connectivity index (χ1v) is 7.13. The Kier molecular flexibility index (Phi) is 5.18. The number of hydrogen-bond donors (Lipinski definition) is 1. The number of nitrogens with two attached hydrogens (primary N) is 1. The maximum atomic E-state index is 5.99. The predicted molar refractivity (Wildman–Crippen MR) is 80.8 cm³/mol. The molecule has 2 aromatic rings. The van der Waals surface area contributed by atoms with Crippen LogP contribution in [0.4, 0.5) is 0 Å². The maximum absolute atomic E-state index is 5.99. The van der Waals surface area contributed by atoms with E-state index in [9.17, 15) is 0 Å². The molecule has 0 bridgehead atoms. The number of aromatic nitrogens is 2. The molecule has 1 atom stereocenters. The fourth-order valence-corrected chi connectivity index (χ4v) is 2.13. The van der Waals surface area contributed by atoms with Gasteiger partial charge in [-0.25, -0.2) is 0 Å². The Balaban J connectivity index is 1.86. The molecule has 1 unspecified atom stereocenters. The summed E-state index contributed by atoms with van der Waals surface area (Å²) in [5.74, 6) is 0.910. The van der Waals surface area contributed by atoms with E-state index in [1.54, 1.807) is 0 Å². The summed E-state index contributed by atoms with van der Waals surface area (Å²) in [6.07, 6.45) is 4.55. The van der Waals surface area contributed by atoms with Crippen molar-refractivity contribution in [3.05, 3.63) is 47.8 Å². The van der Waals surface area contributed by atoms with Crippen LogP contribution in [0.3, 0.4) is 0 Å². The highest BCUT2D eigenvalue weighted by Crippen LogP contribution is 2.15. The van der Waals surface area contributed by atoms with Gasteiger partial charge in [0, 0.05) is 31.4 Å². The van der Waals surface area contributed by atoms with Crippen molar-refractivity contribution >= 4 is 0 Å². The highest BCUT2D eigenvalue weighted by molar-refractivity contribution is 5.29. The first-order chi connectivity index (χ1) is 9.69. The molecule has 1 aromatic carbocycles. The van der Waals surface area contributed by atoms with E-state index in [1.165, 1.54) is 11.3 Å². The second-order valence-electron chi connectivity index (χ2n) is 5.06. The Labute approximate surface area is 120 Å². The van der Waals surface area contributed by atoms with Gasteiger partial charge in [-0.2, -0.15) is 5.10 Å². The Hall–Kier alpha value is -1.81. The monoisotopic (exact) mass is 273 g/mol. The van der Waals surface area contributed by atoms with Crippen molar-refractivity contribution in [3.63, 3.8) is 0 Å². The predicted octanol–water partition coefficient (Wildman–Crippen LogP) is 2.32. The van der Waals surface area contributed by atoms with Crippen molar-refractivity contribution in [1.82, 2.24) is 9.78 Å². The summed E-state index contributed by atoms with van der Waals surface area (Å²) in [4.78, 5) is 0. The van der Waals surface area contributed by atoms with Crippen LogP contribution in [0.25, 0.3) is 0 Å². The molecule has 108 valence electrons. The number of hydrogen-bond acceptors (Lipinski definition) is 3. The van der Waals surface area contributed by atoms with Gasteiger partial charge in [-0.1, -0.05) is 19.1 Å². The lowest BCUT2D eigenvalue weighted by Gasteiger charge is -2.11. The van der Waals surface area contributed by atoms with Gasteiger partial charge in [0.1, 0.15) is 5.75 Å². The van der Waals surface area contributed by atoms with Gasteiger partial charge >= 0.3 is 0 Å². The van der Waals surface area contributed by atoms with Gasteiger partial charge in [0.25, 0.3) is 0 Å². The molecule has 0 spiro atoms. The molecule has 0 aliphatic rings. The van der Waals surface area contributed by atoms with Gasteiger partial charge < -0.3 is 10.5 Å². The number of rotatable bonds is 7. The third kappa shape index (κ3) is 4.10. The van der Waals surface area contributed by atoms with Crippen molar-refractivity contribution in [2.24, 2.45) is 12.8 Å². The minimum Gasteiger partial charge on any atom is -0.493 e. The summed E-state index contributed by atoms with van der Waals surface area (Å²) in [6, 6.07) is 10.4. The van der Waals surface area contributed by atoms with Crippen molar-refractivity contribution in [2.75, 3.05) is 6.61 Å². The van der Waals surface area contributed by atoms with Gasteiger partial charge in [-0.3, -0.25) is 4.68 Å². The van der Waals surface area contributed by atoms with E-state index in [1.807, 2.05) is 36.1 Å². The Morgan fingerprint density at radius 2 is 2.20 bits per heavy atom. The minimum atomic E-state index is 0.222. The molecule has 20 heavy (non-hydrogen) atoms. The number of nitrogens with zero attached hydrogens (tertiary/aromatic N) is 2. The average Bonchev–Trinajstić information content (AvgIpc) is 2.85. The van der Waals surface area contributed by atoms with Crippen LogP contribution < -0.4 is 10.5 Å². The third-order valence-corrected chi connectivity index (χ3v) is 3.47. The summed E-state index contributed by atoms with van der Waals surface area (Å²) in [6.45, 7) is 2.77. The molecule has 0 amide bonds. The van der Waals surface area contributed by atoms with E-state index < -0.39 is 0 Å². The van der Waals surface area contributed by atoms with Crippen molar-refractivity contribution in [3.8, 4) is 5.75 Å². The van der Waals surface area contributed by atoms with Crippen molar-refractivity contribution in [1.29, 1.82) is 0 Å². The Bertz CT molecular complexity index is 536. The van der Waals surface area contributed by atoms with E-state index in [2.05, 4.69) is 24.2 Å². The van der Waals surface area contributed by atoms with Crippen LogP contribution in [-0.2, 0) is 19.9 Å². The van der Waals surface area contributed by atoms with E-state index in [-0.39, 0.29) is 6.04 Å². The first kappa shape index (κ1) is 14.6. The molecule has 1 heterocycles. The van der Waals surface area contributed by atoms with E-state index in [4.69, 9.17) is 10.5 Å². The van der Waals surface area contributed by atoms with Gasteiger partial charge in [0.2, 0.25) is 0 Å². The molecule has 2 N–H and O–H groups in total. The zero-order valence-electron chi connectivity index (χ0n) is 12.2. The smallest absolute Gasteiger partial charge is 0.119 e. The molecular weight excluding hydrogens is 250 g/mol. The van der Waals surface area contributed by atoms with Crippen LogP contribution in [-0.4, -0.2) is 22.4 Å². The summed E-state index contributed by atoms with van der Waals surface area (Å²) < 4.78 is 7.68. The molecule has 1 aromatic heterocycles.